The van der Waals surface area contributed by atoms with Gasteiger partial charge in [0.25, 0.3) is 0 Å². The molecule has 0 bridgehead atoms. The van der Waals surface area contributed by atoms with Crippen molar-refractivity contribution < 1.29 is 9.53 Å². The highest BCUT2D eigenvalue weighted by Crippen LogP contribution is 2.20. The van der Waals surface area contributed by atoms with E-state index in [1.165, 1.54) is 0 Å². The molecule has 0 unspecified atom stereocenters. The van der Waals surface area contributed by atoms with Crippen LogP contribution in [-0.4, -0.2) is 24.1 Å². The molecule has 96 valence electrons. The smallest absolute Gasteiger partial charge is 0.355 e. The number of esters is 1. The molecule has 0 spiro atoms. The fourth-order valence-corrected chi connectivity index (χ4v) is 1.68. The molecule has 0 fully saturated rings. The van der Waals surface area contributed by atoms with Crippen LogP contribution in [0.5, 0.6) is 0 Å². The third-order valence-corrected chi connectivity index (χ3v) is 2.51. The molecule has 0 aliphatic heterocycles. The number of aromatic nitrogens is 1. The number of aryl methyl sites for hydroxylation is 1. The fraction of sp³-hybridized carbons (Fsp3) is 0.417. The van der Waals surface area contributed by atoms with Crippen LogP contribution in [0.2, 0.25) is 0 Å². The molecule has 1 heterocycles. The normalized spacial score (nSPS) is 10.4. The van der Waals surface area contributed by atoms with Crippen LogP contribution < -0.4 is 0 Å². The summed E-state index contributed by atoms with van der Waals surface area (Å²) in [6.45, 7) is 6.13. The van der Waals surface area contributed by atoms with E-state index in [0.717, 1.165) is 16.8 Å². The molecule has 0 aliphatic rings. The molecule has 1 aromatic rings. The molecule has 0 amide bonds. The third kappa shape index (κ3) is 3.15. The van der Waals surface area contributed by atoms with Crippen LogP contribution in [0.3, 0.4) is 0 Å². The standard InChI is InChI=1S/C12H16N4O2/c1-4-18-12(17)11-8(2)10(9(3)15-11)6-5-7-14-16-13/h5-6,15H,4,7H2,1-3H3. The van der Waals surface area contributed by atoms with Crippen LogP contribution in [0.4, 0.5) is 0 Å². The van der Waals surface area contributed by atoms with E-state index in [-0.39, 0.29) is 12.5 Å². The van der Waals surface area contributed by atoms with Gasteiger partial charge in [-0.05, 0) is 37.4 Å². The first-order valence-electron chi connectivity index (χ1n) is 5.65. The van der Waals surface area contributed by atoms with Crippen LogP contribution in [0.15, 0.2) is 11.2 Å². The summed E-state index contributed by atoms with van der Waals surface area (Å²) in [6.07, 6.45) is 3.58. The van der Waals surface area contributed by atoms with E-state index in [4.69, 9.17) is 10.3 Å². The number of aromatic amines is 1. The Morgan fingerprint density at radius 1 is 1.56 bits per heavy atom. The molecule has 0 aromatic carbocycles. The highest BCUT2D eigenvalue weighted by Gasteiger charge is 2.16. The second kappa shape index (κ2) is 6.51. The maximum absolute atomic E-state index is 11.7. The zero-order valence-electron chi connectivity index (χ0n) is 10.7. The summed E-state index contributed by atoms with van der Waals surface area (Å²) < 4.78 is 4.96. The summed E-state index contributed by atoms with van der Waals surface area (Å²) in [5.74, 6) is -0.354. The first kappa shape index (κ1) is 13.9. The van der Waals surface area contributed by atoms with Crippen molar-refractivity contribution in [1.29, 1.82) is 0 Å². The molecule has 0 atom stereocenters. The zero-order chi connectivity index (χ0) is 13.5. The second-order valence-electron chi connectivity index (χ2n) is 3.70. The van der Waals surface area contributed by atoms with Crippen LogP contribution in [0, 0.1) is 13.8 Å². The lowest BCUT2D eigenvalue weighted by molar-refractivity contribution is 0.0519. The van der Waals surface area contributed by atoms with Crippen molar-refractivity contribution in [3.05, 3.63) is 39.0 Å². The number of carbonyl (C=O) groups is 1. The van der Waals surface area contributed by atoms with E-state index in [1.807, 2.05) is 19.9 Å². The lowest BCUT2D eigenvalue weighted by Gasteiger charge is -2.00. The number of rotatable bonds is 5. The van der Waals surface area contributed by atoms with Gasteiger partial charge >= 0.3 is 5.97 Å². The average molecular weight is 248 g/mol. The van der Waals surface area contributed by atoms with Gasteiger partial charge in [0.15, 0.2) is 0 Å². The van der Waals surface area contributed by atoms with Gasteiger partial charge in [-0.3, -0.25) is 0 Å². The molecule has 0 saturated heterocycles. The first-order chi connectivity index (χ1) is 8.61. The van der Waals surface area contributed by atoms with Crippen LogP contribution >= 0.6 is 0 Å². The highest BCUT2D eigenvalue weighted by molar-refractivity contribution is 5.90. The number of hydrogen-bond donors (Lipinski definition) is 1. The summed E-state index contributed by atoms with van der Waals surface area (Å²) in [6, 6.07) is 0. The van der Waals surface area contributed by atoms with Gasteiger partial charge in [-0.25, -0.2) is 4.79 Å². The summed E-state index contributed by atoms with van der Waals surface area (Å²) in [4.78, 5) is 17.3. The van der Waals surface area contributed by atoms with Gasteiger partial charge in [0.2, 0.25) is 0 Å². The minimum absolute atomic E-state index is 0.287. The first-order valence-corrected chi connectivity index (χ1v) is 5.65. The predicted octanol–water partition coefficient (Wildman–Crippen LogP) is 3.13. The summed E-state index contributed by atoms with van der Waals surface area (Å²) >= 11 is 0. The number of carbonyl (C=O) groups excluding carboxylic acids is 1. The molecule has 6 nitrogen and oxygen atoms in total. The average Bonchev–Trinajstić information content (AvgIpc) is 2.62. The van der Waals surface area contributed by atoms with Crippen molar-refractivity contribution in [3.63, 3.8) is 0 Å². The molecule has 1 aromatic heterocycles. The van der Waals surface area contributed by atoms with E-state index in [0.29, 0.717) is 12.3 Å². The Bertz CT molecular complexity index is 510. The summed E-state index contributed by atoms with van der Waals surface area (Å²) in [7, 11) is 0. The number of azide groups is 1. The molecule has 18 heavy (non-hydrogen) atoms. The Hall–Kier alpha value is -2.20. The van der Waals surface area contributed by atoms with Gasteiger partial charge in [-0.15, -0.1) is 0 Å². The highest BCUT2D eigenvalue weighted by atomic mass is 16.5. The van der Waals surface area contributed by atoms with Gasteiger partial charge in [-0.1, -0.05) is 17.3 Å². The Balaban J connectivity index is 2.97. The predicted molar refractivity (Wildman–Crippen MR) is 69.3 cm³/mol. The van der Waals surface area contributed by atoms with Crippen molar-refractivity contribution in [3.8, 4) is 0 Å². The Labute approximate surface area is 105 Å². The lowest BCUT2D eigenvalue weighted by atomic mass is 10.1. The number of H-pyrrole nitrogens is 1. The van der Waals surface area contributed by atoms with E-state index in [1.54, 1.807) is 13.0 Å². The molecule has 0 saturated carbocycles. The maximum Gasteiger partial charge on any atom is 0.355 e. The van der Waals surface area contributed by atoms with Gasteiger partial charge in [0, 0.05) is 17.2 Å². The van der Waals surface area contributed by atoms with E-state index in [2.05, 4.69) is 15.0 Å². The summed E-state index contributed by atoms with van der Waals surface area (Å²) in [5, 5.41) is 3.41. The number of nitrogens with zero attached hydrogens (tertiary/aromatic N) is 3. The fourth-order valence-electron chi connectivity index (χ4n) is 1.68. The summed E-state index contributed by atoms with van der Waals surface area (Å²) in [5.41, 5.74) is 11.3. The second-order valence-corrected chi connectivity index (χ2v) is 3.70. The number of nitrogens with one attached hydrogen (secondary N) is 1. The molecule has 0 aliphatic carbocycles. The minimum Gasteiger partial charge on any atom is -0.461 e. The Morgan fingerprint density at radius 3 is 2.89 bits per heavy atom. The zero-order valence-corrected chi connectivity index (χ0v) is 10.7. The van der Waals surface area contributed by atoms with Crippen molar-refractivity contribution in [2.45, 2.75) is 20.8 Å². The number of hydrogen-bond acceptors (Lipinski definition) is 3. The minimum atomic E-state index is -0.354. The molecular formula is C12H16N4O2. The van der Waals surface area contributed by atoms with Gasteiger partial charge in [0.1, 0.15) is 5.69 Å². The van der Waals surface area contributed by atoms with Gasteiger partial charge < -0.3 is 9.72 Å². The molecule has 1 N–H and O–H groups in total. The SMILES string of the molecule is CCOC(=O)c1[nH]c(C)c(C=CCN=[N+]=[N-])c1C. The van der Waals surface area contributed by atoms with Gasteiger partial charge in [0.05, 0.1) is 6.61 Å². The monoisotopic (exact) mass is 248 g/mol. The van der Waals surface area contributed by atoms with Crippen LogP contribution in [0.25, 0.3) is 16.5 Å². The van der Waals surface area contributed by atoms with E-state index >= 15 is 0 Å². The van der Waals surface area contributed by atoms with Crippen molar-refractivity contribution in [1.82, 2.24) is 4.98 Å². The van der Waals surface area contributed by atoms with Crippen LogP contribution in [-0.2, 0) is 4.74 Å². The largest absolute Gasteiger partial charge is 0.461 e. The van der Waals surface area contributed by atoms with Crippen molar-refractivity contribution in [2.24, 2.45) is 5.11 Å². The lowest BCUT2D eigenvalue weighted by Crippen LogP contribution is -2.06. The van der Waals surface area contributed by atoms with E-state index in [9.17, 15) is 4.79 Å². The van der Waals surface area contributed by atoms with Crippen molar-refractivity contribution >= 4 is 12.0 Å². The topological polar surface area (TPSA) is 90.9 Å². The van der Waals surface area contributed by atoms with E-state index < -0.39 is 0 Å². The Kier molecular flexibility index (Phi) is 5.02. The van der Waals surface area contributed by atoms with Crippen LogP contribution in [0.1, 0.15) is 34.2 Å². The van der Waals surface area contributed by atoms with Gasteiger partial charge in [-0.2, -0.15) is 0 Å². The molecular weight excluding hydrogens is 232 g/mol. The van der Waals surface area contributed by atoms with Crippen molar-refractivity contribution in [2.75, 3.05) is 13.2 Å². The molecule has 1 rings (SSSR count). The maximum atomic E-state index is 11.7. The quantitative estimate of drug-likeness (QED) is 0.375. The number of ether oxygens (including phenoxy) is 1. The molecule has 6 heteroatoms. The molecule has 0 radical (unpaired) electrons. The Morgan fingerprint density at radius 2 is 2.28 bits per heavy atom. The third-order valence-electron chi connectivity index (χ3n) is 2.51.